The highest BCUT2D eigenvalue weighted by atomic mass is 16.5. The quantitative estimate of drug-likeness (QED) is 0.741. The maximum atomic E-state index is 9.19. The van der Waals surface area contributed by atoms with Gasteiger partial charge in [0.05, 0.1) is 19.3 Å². The van der Waals surface area contributed by atoms with Gasteiger partial charge in [-0.15, -0.1) is 0 Å². The molecule has 0 heterocycles. The third-order valence-electron chi connectivity index (χ3n) is 3.06. The van der Waals surface area contributed by atoms with Crippen molar-refractivity contribution in [2.75, 3.05) is 20.3 Å². The Morgan fingerprint density at radius 1 is 1.39 bits per heavy atom. The number of hydrogen-bond acceptors (Lipinski definition) is 3. The number of methoxy groups -OCH3 is 1. The SMILES string of the molecule is COCC(CO)NC(C)CCc1cccc(C)c1. The first-order chi connectivity index (χ1) is 8.65. The summed E-state index contributed by atoms with van der Waals surface area (Å²) in [6.45, 7) is 4.92. The fraction of sp³-hybridized carbons (Fsp3) is 0.600. The molecular weight excluding hydrogens is 226 g/mol. The van der Waals surface area contributed by atoms with Crippen LogP contribution in [0.1, 0.15) is 24.5 Å². The van der Waals surface area contributed by atoms with E-state index in [2.05, 4.69) is 43.4 Å². The third-order valence-corrected chi connectivity index (χ3v) is 3.06. The number of aliphatic hydroxyl groups is 1. The summed E-state index contributed by atoms with van der Waals surface area (Å²) in [5.74, 6) is 0. The molecule has 3 nitrogen and oxygen atoms in total. The maximum absolute atomic E-state index is 9.19. The molecule has 0 radical (unpaired) electrons. The molecule has 0 aliphatic heterocycles. The number of hydrogen-bond donors (Lipinski definition) is 2. The topological polar surface area (TPSA) is 41.5 Å². The van der Waals surface area contributed by atoms with Gasteiger partial charge in [0.25, 0.3) is 0 Å². The second kappa shape index (κ2) is 8.25. The van der Waals surface area contributed by atoms with Gasteiger partial charge < -0.3 is 15.2 Å². The van der Waals surface area contributed by atoms with Gasteiger partial charge in [-0.25, -0.2) is 0 Å². The van der Waals surface area contributed by atoms with Crippen molar-refractivity contribution in [1.82, 2.24) is 5.32 Å². The van der Waals surface area contributed by atoms with E-state index in [1.807, 2.05) is 0 Å². The maximum Gasteiger partial charge on any atom is 0.0638 e. The van der Waals surface area contributed by atoms with E-state index in [0.29, 0.717) is 12.6 Å². The van der Waals surface area contributed by atoms with Crippen molar-refractivity contribution in [1.29, 1.82) is 0 Å². The molecule has 18 heavy (non-hydrogen) atoms. The van der Waals surface area contributed by atoms with Crippen LogP contribution < -0.4 is 5.32 Å². The summed E-state index contributed by atoms with van der Waals surface area (Å²) < 4.78 is 5.05. The van der Waals surface area contributed by atoms with E-state index in [-0.39, 0.29) is 12.6 Å². The number of ether oxygens (including phenoxy) is 1. The second-order valence-electron chi connectivity index (χ2n) is 4.93. The Labute approximate surface area is 110 Å². The van der Waals surface area contributed by atoms with Crippen molar-refractivity contribution in [3.8, 4) is 0 Å². The van der Waals surface area contributed by atoms with Crippen LogP contribution in [0.4, 0.5) is 0 Å². The number of aliphatic hydroxyl groups excluding tert-OH is 1. The van der Waals surface area contributed by atoms with Gasteiger partial charge in [0.2, 0.25) is 0 Å². The highest BCUT2D eigenvalue weighted by Crippen LogP contribution is 2.08. The third kappa shape index (κ3) is 5.63. The Bertz CT molecular complexity index is 341. The highest BCUT2D eigenvalue weighted by molar-refractivity contribution is 5.22. The summed E-state index contributed by atoms with van der Waals surface area (Å²) in [6, 6.07) is 9.01. The Kier molecular flexibility index (Phi) is 6.94. The first-order valence-electron chi connectivity index (χ1n) is 6.57. The zero-order valence-electron chi connectivity index (χ0n) is 11.6. The van der Waals surface area contributed by atoms with Crippen LogP contribution in [0.3, 0.4) is 0 Å². The molecule has 1 aromatic carbocycles. The predicted octanol–water partition coefficient (Wildman–Crippen LogP) is 1.91. The van der Waals surface area contributed by atoms with Crippen molar-refractivity contribution in [2.45, 2.75) is 38.8 Å². The number of benzene rings is 1. The van der Waals surface area contributed by atoms with Crippen molar-refractivity contribution in [3.05, 3.63) is 35.4 Å². The Balaban J connectivity index is 2.34. The zero-order valence-corrected chi connectivity index (χ0v) is 11.6. The highest BCUT2D eigenvalue weighted by Gasteiger charge is 2.10. The summed E-state index contributed by atoms with van der Waals surface area (Å²) in [5.41, 5.74) is 2.68. The Morgan fingerprint density at radius 2 is 2.17 bits per heavy atom. The minimum atomic E-state index is 0.0301. The summed E-state index contributed by atoms with van der Waals surface area (Å²) in [7, 11) is 1.65. The summed E-state index contributed by atoms with van der Waals surface area (Å²) in [5, 5.41) is 12.6. The number of rotatable bonds is 8. The molecule has 3 heteroatoms. The van der Waals surface area contributed by atoms with E-state index < -0.39 is 0 Å². The molecule has 0 spiro atoms. The van der Waals surface area contributed by atoms with Gasteiger partial charge in [-0.05, 0) is 32.3 Å². The molecule has 102 valence electrons. The van der Waals surface area contributed by atoms with Gasteiger partial charge in [-0.1, -0.05) is 29.8 Å². The van der Waals surface area contributed by atoms with Crippen molar-refractivity contribution in [2.24, 2.45) is 0 Å². The Morgan fingerprint density at radius 3 is 2.78 bits per heavy atom. The Hall–Kier alpha value is -0.900. The molecule has 1 aromatic rings. The van der Waals surface area contributed by atoms with Crippen LogP contribution in [0, 0.1) is 6.92 Å². The van der Waals surface area contributed by atoms with Crippen LogP contribution in [-0.2, 0) is 11.2 Å². The normalized spacial score (nSPS) is 14.4. The van der Waals surface area contributed by atoms with Crippen LogP contribution in [0.5, 0.6) is 0 Å². The molecule has 0 bridgehead atoms. The molecule has 0 aliphatic carbocycles. The molecule has 2 atom stereocenters. The molecule has 1 rings (SSSR count). The van der Waals surface area contributed by atoms with E-state index in [4.69, 9.17) is 4.74 Å². The lowest BCUT2D eigenvalue weighted by atomic mass is 10.0. The molecule has 0 aromatic heterocycles. The van der Waals surface area contributed by atoms with Gasteiger partial charge in [-0.2, -0.15) is 0 Å². The van der Waals surface area contributed by atoms with E-state index in [9.17, 15) is 5.11 Å². The van der Waals surface area contributed by atoms with E-state index in [1.165, 1.54) is 11.1 Å². The lowest BCUT2D eigenvalue weighted by Gasteiger charge is -2.21. The van der Waals surface area contributed by atoms with E-state index >= 15 is 0 Å². The average Bonchev–Trinajstić information content (AvgIpc) is 2.36. The first kappa shape index (κ1) is 15.2. The summed E-state index contributed by atoms with van der Waals surface area (Å²) in [6.07, 6.45) is 2.12. The zero-order chi connectivity index (χ0) is 13.4. The minimum Gasteiger partial charge on any atom is -0.395 e. The van der Waals surface area contributed by atoms with Crippen molar-refractivity contribution >= 4 is 0 Å². The number of nitrogens with one attached hydrogen (secondary N) is 1. The minimum absolute atomic E-state index is 0.0301. The lowest BCUT2D eigenvalue weighted by Crippen LogP contribution is -2.42. The fourth-order valence-electron chi connectivity index (χ4n) is 2.09. The van der Waals surface area contributed by atoms with Gasteiger partial charge >= 0.3 is 0 Å². The summed E-state index contributed by atoms with van der Waals surface area (Å²) >= 11 is 0. The molecule has 0 fully saturated rings. The first-order valence-corrected chi connectivity index (χ1v) is 6.57. The van der Waals surface area contributed by atoms with Gasteiger partial charge in [0.1, 0.15) is 0 Å². The molecule has 0 saturated heterocycles. The smallest absolute Gasteiger partial charge is 0.0638 e. The molecule has 2 unspecified atom stereocenters. The lowest BCUT2D eigenvalue weighted by molar-refractivity contribution is 0.122. The van der Waals surface area contributed by atoms with Crippen LogP contribution in [0.25, 0.3) is 0 Å². The standard InChI is InChI=1S/C15H25NO2/c1-12-5-4-6-14(9-12)8-7-13(2)16-15(10-17)11-18-3/h4-6,9,13,15-17H,7-8,10-11H2,1-3H3. The van der Waals surface area contributed by atoms with Gasteiger partial charge in [0, 0.05) is 13.2 Å². The second-order valence-corrected chi connectivity index (χ2v) is 4.93. The van der Waals surface area contributed by atoms with Crippen LogP contribution >= 0.6 is 0 Å². The van der Waals surface area contributed by atoms with Crippen molar-refractivity contribution < 1.29 is 9.84 Å². The van der Waals surface area contributed by atoms with Gasteiger partial charge in [0.15, 0.2) is 0 Å². The summed E-state index contributed by atoms with van der Waals surface area (Å²) in [4.78, 5) is 0. The predicted molar refractivity (Wildman–Crippen MR) is 74.8 cm³/mol. The van der Waals surface area contributed by atoms with Crippen LogP contribution in [-0.4, -0.2) is 37.5 Å². The van der Waals surface area contributed by atoms with E-state index in [1.54, 1.807) is 7.11 Å². The molecule has 0 amide bonds. The van der Waals surface area contributed by atoms with Crippen LogP contribution in [0.2, 0.25) is 0 Å². The van der Waals surface area contributed by atoms with Crippen molar-refractivity contribution in [3.63, 3.8) is 0 Å². The molecule has 0 aliphatic rings. The fourth-order valence-corrected chi connectivity index (χ4v) is 2.09. The molecule has 0 saturated carbocycles. The van der Waals surface area contributed by atoms with Gasteiger partial charge in [-0.3, -0.25) is 0 Å². The van der Waals surface area contributed by atoms with Crippen LogP contribution in [0.15, 0.2) is 24.3 Å². The molecular formula is C15H25NO2. The monoisotopic (exact) mass is 251 g/mol. The van der Waals surface area contributed by atoms with E-state index in [0.717, 1.165) is 12.8 Å². The average molecular weight is 251 g/mol. The molecule has 2 N–H and O–H groups in total. The largest absolute Gasteiger partial charge is 0.395 e. The number of aryl methyl sites for hydroxylation is 2.